The number of hydrogen-bond donors (Lipinski definition) is 1. The number of carbonyl (C=O) groups excluding carboxylic acids is 1. The molecule has 1 heterocycles. The number of amides is 1. The van der Waals surface area contributed by atoms with Crippen molar-refractivity contribution in [2.45, 2.75) is 43.9 Å². The lowest BCUT2D eigenvalue weighted by Crippen LogP contribution is -2.50. The van der Waals surface area contributed by atoms with Crippen molar-refractivity contribution in [2.24, 2.45) is 0 Å². The van der Waals surface area contributed by atoms with E-state index in [9.17, 15) is 4.79 Å². The Bertz CT molecular complexity index is 392. The lowest BCUT2D eigenvalue weighted by atomic mass is 9.94. The van der Waals surface area contributed by atoms with E-state index in [0.29, 0.717) is 5.57 Å². The second-order valence-corrected chi connectivity index (χ2v) is 7.24. The van der Waals surface area contributed by atoms with Crippen molar-refractivity contribution < 1.29 is 4.79 Å². The van der Waals surface area contributed by atoms with Crippen molar-refractivity contribution in [3.05, 3.63) is 9.81 Å². The maximum absolute atomic E-state index is 12.0. The van der Waals surface area contributed by atoms with Gasteiger partial charge in [0.2, 0.25) is 0 Å². The summed E-state index contributed by atoms with van der Waals surface area (Å²) >= 11 is 3.32. The molecule has 0 saturated heterocycles. The molecule has 0 aromatic heterocycles. The SMILES string of the molecule is CCSC1=C(C#N)C(=O)NC2(CCCCC2)S1. The van der Waals surface area contributed by atoms with Crippen molar-refractivity contribution in [3.8, 4) is 6.07 Å². The predicted octanol–water partition coefficient (Wildman–Crippen LogP) is 3.00. The van der Waals surface area contributed by atoms with E-state index in [1.807, 2.05) is 13.0 Å². The molecule has 0 aromatic carbocycles. The Morgan fingerprint density at radius 1 is 1.47 bits per heavy atom. The minimum atomic E-state index is -0.177. The first kappa shape index (κ1) is 12.8. The molecule has 92 valence electrons. The van der Waals surface area contributed by atoms with Gasteiger partial charge in [-0.15, -0.1) is 11.8 Å². The molecule has 1 saturated carbocycles. The van der Waals surface area contributed by atoms with Crippen LogP contribution in [0.15, 0.2) is 9.81 Å². The summed E-state index contributed by atoms with van der Waals surface area (Å²) in [5, 5.41) is 12.1. The van der Waals surface area contributed by atoms with Crippen LogP contribution >= 0.6 is 23.5 Å². The van der Waals surface area contributed by atoms with E-state index in [-0.39, 0.29) is 10.8 Å². The van der Waals surface area contributed by atoms with Crippen LogP contribution in [0.25, 0.3) is 0 Å². The molecule has 0 radical (unpaired) electrons. The number of nitrogens with zero attached hydrogens (tertiary/aromatic N) is 1. The Balaban J connectivity index is 2.26. The third-order valence-electron chi connectivity index (χ3n) is 3.11. The van der Waals surface area contributed by atoms with Gasteiger partial charge in [0, 0.05) is 0 Å². The summed E-state index contributed by atoms with van der Waals surface area (Å²) in [6.07, 6.45) is 5.63. The highest BCUT2D eigenvalue weighted by molar-refractivity contribution is 8.23. The van der Waals surface area contributed by atoms with Crippen LogP contribution < -0.4 is 5.32 Å². The standard InChI is InChI=1S/C12H16N2OS2/c1-2-16-11-9(8-13)10(15)14-12(17-11)6-4-3-5-7-12/h2-7H2,1H3,(H,14,15). The molecule has 1 N–H and O–H groups in total. The minimum Gasteiger partial charge on any atom is -0.337 e. The summed E-state index contributed by atoms with van der Waals surface area (Å²) in [5.74, 6) is 0.723. The molecule has 0 bridgehead atoms. The fraction of sp³-hybridized carbons (Fsp3) is 0.667. The van der Waals surface area contributed by atoms with Gasteiger partial charge < -0.3 is 5.32 Å². The highest BCUT2D eigenvalue weighted by Crippen LogP contribution is 2.48. The zero-order chi connectivity index (χ0) is 12.3. The van der Waals surface area contributed by atoms with E-state index in [1.54, 1.807) is 23.5 Å². The molecular formula is C12H16N2OS2. The summed E-state index contributed by atoms with van der Waals surface area (Å²) in [7, 11) is 0. The van der Waals surface area contributed by atoms with E-state index < -0.39 is 0 Å². The third-order valence-corrected chi connectivity index (χ3v) is 5.76. The first-order valence-electron chi connectivity index (χ1n) is 5.99. The van der Waals surface area contributed by atoms with E-state index in [0.717, 1.165) is 22.8 Å². The van der Waals surface area contributed by atoms with Gasteiger partial charge in [0.05, 0.1) is 9.11 Å². The van der Waals surface area contributed by atoms with E-state index in [4.69, 9.17) is 5.26 Å². The van der Waals surface area contributed by atoms with Gasteiger partial charge in [-0.3, -0.25) is 4.79 Å². The average Bonchev–Trinajstić information content (AvgIpc) is 2.30. The van der Waals surface area contributed by atoms with Gasteiger partial charge in [-0.25, -0.2) is 0 Å². The molecule has 0 atom stereocenters. The third kappa shape index (κ3) is 2.63. The van der Waals surface area contributed by atoms with Gasteiger partial charge in [-0.1, -0.05) is 37.9 Å². The number of nitriles is 1. The number of hydrogen-bond acceptors (Lipinski definition) is 4. The molecule has 5 heteroatoms. The molecule has 3 nitrogen and oxygen atoms in total. The van der Waals surface area contributed by atoms with Gasteiger partial charge >= 0.3 is 0 Å². The second kappa shape index (κ2) is 5.36. The Morgan fingerprint density at radius 2 is 2.18 bits per heavy atom. The molecular weight excluding hydrogens is 252 g/mol. The van der Waals surface area contributed by atoms with Crippen molar-refractivity contribution in [1.29, 1.82) is 5.26 Å². The van der Waals surface area contributed by atoms with Crippen LogP contribution in [-0.4, -0.2) is 16.5 Å². The smallest absolute Gasteiger partial charge is 0.264 e. The van der Waals surface area contributed by atoms with Crippen molar-refractivity contribution >= 4 is 29.4 Å². The number of thioether (sulfide) groups is 2. The maximum atomic E-state index is 12.0. The van der Waals surface area contributed by atoms with E-state index in [2.05, 4.69) is 5.32 Å². The second-order valence-electron chi connectivity index (χ2n) is 4.32. The molecule has 1 amide bonds. The van der Waals surface area contributed by atoms with Crippen molar-refractivity contribution in [1.82, 2.24) is 5.32 Å². The highest BCUT2D eigenvalue weighted by atomic mass is 32.2. The monoisotopic (exact) mass is 268 g/mol. The van der Waals surface area contributed by atoms with Gasteiger partial charge in [0.25, 0.3) is 5.91 Å². The van der Waals surface area contributed by atoms with Crippen molar-refractivity contribution in [3.63, 3.8) is 0 Å². The van der Waals surface area contributed by atoms with Gasteiger partial charge in [0.15, 0.2) is 0 Å². The Morgan fingerprint density at radius 3 is 2.76 bits per heavy atom. The molecule has 2 rings (SSSR count). The fourth-order valence-corrected chi connectivity index (χ4v) is 5.14. The molecule has 0 unspecified atom stereocenters. The predicted molar refractivity (Wildman–Crippen MR) is 72.3 cm³/mol. The van der Waals surface area contributed by atoms with Crippen LogP contribution in [0.5, 0.6) is 0 Å². The normalized spacial score (nSPS) is 23.4. The summed E-state index contributed by atoms with van der Waals surface area (Å²) in [5.41, 5.74) is 0.304. The van der Waals surface area contributed by atoms with Crippen LogP contribution in [0.4, 0.5) is 0 Å². The number of nitrogens with one attached hydrogen (secondary N) is 1. The van der Waals surface area contributed by atoms with Crippen LogP contribution in [0, 0.1) is 11.3 Å². The minimum absolute atomic E-state index is 0.132. The molecule has 1 fully saturated rings. The fourth-order valence-electron chi connectivity index (χ4n) is 2.30. The molecule has 1 aliphatic carbocycles. The first-order valence-corrected chi connectivity index (χ1v) is 7.80. The lowest BCUT2D eigenvalue weighted by Gasteiger charge is -2.40. The summed E-state index contributed by atoms with van der Waals surface area (Å²) in [6.45, 7) is 2.05. The summed E-state index contributed by atoms with van der Waals surface area (Å²) in [6, 6.07) is 2.04. The molecule has 1 spiro atoms. The molecule has 0 aromatic rings. The summed E-state index contributed by atoms with van der Waals surface area (Å²) in [4.78, 5) is 11.8. The van der Waals surface area contributed by atoms with Crippen LogP contribution in [0.3, 0.4) is 0 Å². The first-order chi connectivity index (χ1) is 8.21. The average molecular weight is 268 g/mol. The lowest BCUT2D eigenvalue weighted by molar-refractivity contribution is -0.118. The quantitative estimate of drug-likeness (QED) is 0.836. The van der Waals surface area contributed by atoms with Crippen LogP contribution in [0.1, 0.15) is 39.0 Å². The van der Waals surface area contributed by atoms with Crippen molar-refractivity contribution in [2.75, 3.05) is 5.75 Å². The van der Waals surface area contributed by atoms with Crippen LogP contribution in [0.2, 0.25) is 0 Å². The zero-order valence-corrected chi connectivity index (χ0v) is 11.5. The van der Waals surface area contributed by atoms with Crippen LogP contribution in [-0.2, 0) is 4.79 Å². The number of carbonyl (C=O) groups is 1. The largest absolute Gasteiger partial charge is 0.337 e. The van der Waals surface area contributed by atoms with Gasteiger partial charge in [0.1, 0.15) is 11.6 Å². The van der Waals surface area contributed by atoms with E-state index in [1.165, 1.54) is 19.3 Å². The number of rotatable bonds is 2. The van der Waals surface area contributed by atoms with Gasteiger partial charge in [-0.2, -0.15) is 5.26 Å². The zero-order valence-electron chi connectivity index (χ0n) is 9.91. The molecule has 2 aliphatic rings. The Labute approximate surface area is 110 Å². The Kier molecular flexibility index (Phi) is 4.05. The highest BCUT2D eigenvalue weighted by Gasteiger charge is 2.40. The molecule has 17 heavy (non-hydrogen) atoms. The maximum Gasteiger partial charge on any atom is 0.264 e. The Hall–Kier alpha value is -0.600. The van der Waals surface area contributed by atoms with Gasteiger partial charge in [-0.05, 0) is 18.6 Å². The molecule has 1 aliphatic heterocycles. The topological polar surface area (TPSA) is 52.9 Å². The van der Waals surface area contributed by atoms with E-state index >= 15 is 0 Å². The summed E-state index contributed by atoms with van der Waals surface area (Å²) < 4.78 is 0.917.